The normalized spacial score (nSPS) is 13.6. The van der Waals surface area contributed by atoms with Gasteiger partial charge in [-0.1, -0.05) is 329 Å². The van der Waals surface area contributed by atoms with Gasteiger partial charge in [0, 0.05) is 12.8 Å². The Bertz CT molecular complexity index is 1340. The molecule has 0 spiro atoms. The molecule has 9 nitrogen and oxygen atoms in total. The number of carbonyl (C=O) groups is 2. The summed E-state index contributed by atoms with van der Waals surface area (Å²) in [5.41, 5.74) is 0. The lowest BCUT2D eigenvalue weighted by Gasteiger charge is -2.30. The monoisotopic (exact) mass is 1120 g/mol. The van der Waals surface area contributed by atoms with Crippen molar-refractivity contribution in [3.05, 3.63) is 12.2 Å². The van der Waals surface area contributed by atoms with Crippen LogP contribution in [0.3, 0.4) is 0 Å². The lowest BCUT2D eigenvalue weighted by molar-refractivity contribution is -0.870. The Morgan fingerprint density at radius 2 is 0.731 bits per heavy atom. The zero-order valence-corrected chi connectivity index (χ0v) is 54.1. The Labute approximate surface area is 486 Å². The lowest BCUT2D eigenvalue weighted by Crippen LogP contribution is -2.47. The molecule has 0 saturated carbocycles. The van der Waals surface area contributed by atoms with Crippen LogP contribution >= 0.6 is 7.82 Å². The number of ether oxygens (including phenoxy) is 1. The number of rotatable bonds is 64. The van der Waals surface area contributed by atoms with E-state index in [0.29, 0.717) is 17.4 Å². The standard InChI is InChI=1S/C68H135N2O7P/c1-7-10-13-16-19-22-25-27-29-31-32-33-34-35-36-37-38-39-41-43-46-49-52-55-58-61-68(72)77-66(59-56-53-50-47-44-24-21-18-15-12-9-3)65(64-76-78(73,74)75-63-62-70(4,5)6)69-67(71)60-57-54-51-48-45-42-40-30-28-26-23-20-17-14-11-8-2/h56,59,65-66H,7-55,57-58,60-64H2,1-6H3,(H-,69,71,73,74)/b59-56-. The van der Waals surface area contributed by atoms with E-state index in [1.165, 1.54) is 270 Å². The largest absolute Gasteiger partial charge is 0.756 e. The minimum atomic E-state index is -4.69. The highest BCUT2D eigenvalue weighted by molar-refractivity contribution is 7.45. The van der Waals surface area contributed by atoms with Gasteiger partial charge in [0.05, 0.1) is 33.8 Å². The van der Waals surface area contributed by atoms with Gasteiger partial charge in [-0.05, 0) is 31.8 Å². The van der Waals surface area contributed by atoms with Crippen molar-refractivity contribution < 1.29 is 37.3 Å². The van der Waals surface area contributed by atoms with E-state index in [1.54, 1.807) is 0 Å². The van der Waals surface area contributed by atoms with Crippen LogP contribution in [0.15, 0.2) is 12.2 Å². The molecule has 0 bridgehead atoms. The summed E-state index contributed by atoms with van der Waals surface area (Å²) in [6.07, 6.45) is 69.1. The number of hydrogen-bond acceptors (Lipinski definition) is 7. The van der Waals surface area contributed by atoms with Gasteiger partial charge < -0.3 is 28.5 Å². The molecule has 0 heterocycles. The lowest BCUT2D eigenvalue weighted by atomic mass is 10.0. The first-order valence-electron chi connectivity index (χ1n) is 34.5. The number of likely N-dealkylation sites (N-methyl/N-ethyl adjacent to an activating group) is 1. The van der Waals surface area contributed by atoms with E-state index in [2.05, 4.69) is 26.1 Å². The van der Waals surface area contributed by atoms with Gasteiger partial charge in [0.15, 0.2) is 0 Å². The Hall–Kier alpha value is -1.25. The molecule has 0 fully saturated rings. The third-order valence-corrected chi connectivity index (χ3v) is 16.9. The summed E-state index contributed by atoms with van der Waals surface area (Å²) in [5.74, 6) is -0.516. The van der Waals surface area contributed by atoms with Crippen molar-refractivity contribution in [1.29, 1.82) is 0 Å². The maximum atomic E-state index is 13.5. The van der Waals surface area contributed by atoms with E-state index in [9.17, 15) is 19.0 Å². The zero-order chi connectivity index (χ0) is 57.2. The number of unbranched alkanes of at least 4 members (excludes halogenated alkanes) is 48. The van der Waals surface area contributed by atoms with Crippen LogP contribution in [-0.4, -0.2) is 69.4 Å². The van der Waals surface area contributed by atoms with Crippen molar-refractivity contribution in [2.45, 2.75) is 373 Å². The van der Waals surface area contributed by atoms with Gasteiger partial charge in [-0.3, -0.25) is 14.2 Å². The van der Waals surface area contributed by atoms with Crippen LogP contribution in [0.4, 0.5) is 0 Å². The molecule has 0 radical (unpaired) electrons. The third-order valence-electron chi connectivity index (χ3n) is 16.0. The summed E-state index contributed by atoms with van der Waals surface area (Å²) in [7, 11) is 1.21. The predicted molar refractivity (Wildman–Crippen MR) is 335 cm³/mol. The summed E-state index contributed by atoms with van der Waals surface area (Å²) in [5, 5.41) is 3.04. The SMILES string of the molecule is CCCCCCCCCCC/C=C\C(OC(=O)CCCCCCCCCCCCCCCCCCCCCCCCCCC)C(COP(=O)([O-])OCC[N+](C)(C)C)NC(=O)CCCCCCCCCCCCCCCCCC. The summed E-state index contributed by atoms with van der Waals surface area (Å²) < 4.78 is 30.4. The first-order valence-corrected chi connectivity index (χ1v) is 36.0. The second kappa shape index (κ2) is 58.9. The number of hydrogen-bond donors (Lipinski definition) is 1. The Morgan fingerprint density at radius 3 is 1.05 bits per heavy atom. The predicted octanol–water partition coefficient (Wildman–Crippen LogP) is 20.9. The molecule has 1 amide bonds. The highest BCUT2D eigenvalue weighted by Crippen LogP contribution is 2.38. The molecular formula is C68H135N2O7P. The minimum Gasteiger partial charge on any atom is -0.756 e. The third kappa shape index (κ3) is 59.4. The van der Waals surface area contributed by atoms with Gasteiger partial charge in [0.1, 0.15) is 19.3 Å². The number of phosphoric ester groups is 1. The van der Waals surface area contributed by atoms with Crippen molar-refractivity contribution in [3.63, 3.8) is 0 Å². The molecular weight excluding hydrogens is 988 g/mol. The van der Waals surface area contributed by atoms with E-state index in [0.717, 1.165) is 57.8 Å². The Morgan fingerprint density at radius 1 is 0.436 bits per heavy atom. The number of nitrogens with one attached hydrogen (secondary N) is 1. The summed E-state index contributed by atoms with van der Waals surface area (Å²) in [6.45, 7) is 6.91. The van der Waals surface area contributed by atoms with E-state index in [-0.39, 0.29) is 31.5 Å². The smallest absolute Gasteiger partial charge is 0.306 e. The molecule has 464 valence electrons. The molecule has 0 aliphatic rings. The van der Waals surface area contributed by atoms with Crippen LogP contribution in [0, 0.1) is 0 Å². The summed E-state index contributed by atoms with van der Waals surface area (Å²) >= 11 is 0. The number of nitrogens with zero attached hydrogens (tertiary/aromatic N) is 1. The van der Waals surface area contributed by atoms with E-state index >= 15 is 0 Å². The van der Waals surface area contributed by atoms with Crippen LogP contribution in [0.1, 0.15) is 361 Å². The first kappa shape index (κ1) is 76.8. The molecule has 1 N–H and O–H groups in total. The van der Waals surface area contributed by atoms with Crippen molar-refractivity contribution in [2.75, 3.05) is 40.9 Å². The van der Waals surface area contributed by atoms with Crippen molar-refractivity contribution in [1.82, 2.24) is 5.32 Å². The number of carbonyl (C=O) groups excluding carboxylic acids is 2. The van der Waals surface area contributed by atoms with Crippen molar-refractivity contribution in [3.8, 4) is 0 Å². The minimum absolute atomic E-state index is 0.0166. The van der Waals surface area contributed by atoms with Crippen molar-refractivity contribution in [2.24, 2.45) is 0 Å². The number of quaternary nitrogens is 1. The van der Waals surface area contributed by atoms with Gasteiger partial charge in [0.25, 0.3) is 7.82 Å². The van der Waals surface area contributed by atoms with Gasteiger partial charge in [-0.2, -0.15) is 0 Å². The number of phosphoric acid groups is 1. The van der Waals surface area contributed by atoms with Crippen molar-refractivity contribution >= 4 is 19.7 Å². The van der Waals surface area contributed by atoms with Gasteiger partial charge >= 0.3 is 5.97 Å². The second-order valence-electron chi connectivity index (χ2n) is 25.1. The Balaban J connectivity index is 4.97. The fourth-order valence-electron chi connectivity index (χ4n) is 10.6. The fourth-order valence-corrected chi connectivity index (χ4v) is 11.4. The van der Waals surface area contributed by atoms with E-state index in [1.807, 2.05) is 33.3 Å². The van der Waals surface area contributed by atoms with Gasteiger partial charge in [-0.25, -0.2) is 0 Å². The number of allylic oxidation sites excluding steroid dienone is 1. The molecule has 3 unspecified atom stereocenters. The molecule has 0 saturated heterocycles. The maximum Gasteiger partial charge on any atom is 0.306 e. The molecule has 10 heteroatoms. The van der Waals surface area contributed by atoms with E-state index < -0.39 is 20.0 Å². The first-order chi connectivity index (χ1) is 37.9. The van der Waals surface area contributed by atoms with Crippen LogP contribution in [0.2, 0.25) is 0 Å². The zero-order valence-electron chi connectivity index (χ0n) is 53.2. The van der Waals surface area contributed by atoms with E-state index in [4.69, 9.17) is 13.8 Å². The molecule has 0 aliphatic carbocycles. The highest BCUT2D eigenvalue weighted by atomic mass is 31.2. The molecule has 0 aromatic rings. The topological polar surface area (TPSA) is 114 Å². The molecule has 0 rings (SSSR count). The average molecular weight is 1120 g/mol. The van der Waals surface area contributed by atoms with Gasteiger partial charge in [0.2, 0.25) is 5.91 Å². The molecule has 3 atom stereocenters. The van der Waals surface area contributed by atoms with Crippen LogP contribution in [-0.2, 0) is 27.9 Å². The van der Waals surface area contributed by atoms with Gasteiger partial charge in [-0.15, -0.1) is 0 Å². The summed E-state index contributed by atoms with van der Waals surface area (Å²) in [6, 6.07) is -0.879. The fraction of sp³-hybridized carbons (Fsp3) is 0.941. The maximum absolute atomic E-state index is 13.5. The molecule has 78 heavy (non-hydrogen) atoms. The number of amides is 1. The average Bonchev–Trinajstić information content (AvgIpc) is 3.40. The van der Waals surface area contributed by atoms with Crippen LogP contribution < -0.4 is 10.2 Å². The molecule has 0 aromatic heterocycles. The van der Waals surface area contributed by atoms with Crippen LogP contribution in [0.5, 0.6) is 0 Å². The second-order valence-corrected chi connectivity index (χ2v) is 26.5. The summed E-state index contributed by atoms with van der Waals surface area (Å²) in [4.78, 5) is 40.1. The quantitative estimate of drug-likeness (QED) is 0.0212. The number of esters is 1. The highest BCUT2D eigenvalue weighted by Gasteiger charge is 2.27. The molecule has 0 aliphatic heterocycles. The van der Waals surface area contributed by atoms with Crippen LogP contribution in [0.25, 0.3) is 0 Å². The molecule has 0 aromatic carbocycles. The Kier molecular flexibility index (Phi) is 58.0.